The summed E-state index contributed by atoms with van der Waals surface area (Å²) in [5.74, 6) is -0.196. The maximum absolute atomic E-state index is 13.7. The summed E-state index contributed by atoms with van der Waals surface area (Å²) in [5, 5.41) is 1.86. The van der Waals surface area contributed by atoms with Crippen LogP contribution in [0.15, 0.2) is 35.5 Å². The Labute approximate surface area is 114 Å². The van der Waals surface area contributed by atoms with E-state index in [1.54, 1.807) is 12.1 Å². The SMILES string of the molecule is CCOCCCC1=C(C)CN(c2ccccc2F)N1. The van der Waals surface area contributed by atoms with Gasteiger partial charge in [-0.2, -0.15) is 0 Å². The second-order valence-corrected chi connectivity index (χ2v) is 4.71. The van der Waals surface area contributed by atoms with Gasteiger partial charge in [-0.05, 0) is 44.4 Å². The highest BCUT2D eigenvalue weighted by Gasteiger charge is 2.20. The van der Waals surface area contributed by atoms with Crippen molar-refractivity contribution >= 4 is 5.69 Å². The third-order valence-corrected chi connectivity index (χ3v) is 3.24. The molecule has 0 radical (unpaired) electrons. The summed E-state index contributed by atoms with van der Waals surface area (Å²) in [6.07, 6.45) is 1.93. The molecule has 0 atom stereocenters. The number of halogens is 1. The van der Waals surface area contributed by atoms with Gasteiger partial charge < -0.3 is 10.2 Å². The number of hydrogen-bond acceptors (Lipinski definition) is 3. The highest BCUT2D eigenvalue weighted by atomic mass is 19.1. The molecule has 3 nitrogen and oxygen atoms in total. The number of para-hydroxylation sites is 1. The zero-order chi connectivity index (χ0) is 13.7. The fourth-order valence-electron chi connectivity index (χ4n) is 2.21. The minimum Gasteiger partial charge on any atom is -0.382 e. The Hall–Kier alpha value is -1.55. The molecule has 0 aromatic heterocycles. The summed E-state index contributed by atoms with van der Waals surface area (Å²) in [6, 6.07) is 6.83. The first kappa shape index (κ1) is 13.9. The molecule has 1 aromatic rings. The molecule has 19 heavy (non-hydrogen) atoms. The summed E-state index contributed by atoms with van der Waals surface area (Å²) in [6.45, 7) is 6.34. The number of hydrazine groups is 1. The zero-order valence-electron chi connectivity index (χ0n) is 11.6. The first-order chi connectivity index (χ1) is 9.22. The van der Waals surface area contributed by atoms with Crippen LogP contribution in [-0.2, 0) is 4.74 Å². The van der Waals surface area contributed by atoms with Crippen molar-refractivity contribution in [3.63, 3.8) is 0 Å². The molecule has 1 aliphatic heterocycles. The summed E-state index contributed by atoms with van der Waals surface area (Å²) in [5.41, 5.74) is 6.34. The van der Waals surface area contributed by atoms with Gasteiger partial charge in [0.15, 0.2) is 0 Å². The average molecular weight is 264 g/mol. The van der Waals surface area contributed by atoms with Crippen LogP contribution in [0, 0.1) is 5.82 Å². The van der Waals surface area contributed by atoms with Crippen LogP contribution in [-0.4, -0.2) is 19.8 Å². The smallest absolute Gasteiger partial charge is 0.148 e. The molecule has 104 valence electrons. The summed E-state index contributed by atoms with van der Waals surface area (Å²) in [7, 11) is 0. The monoisotopic (exact) mass is 264 g/mol. The lowest BCUT2D eigenvalue weighted by atomic mass is 10.1. The number of ether oxygens (including phenoxy) is 1. The van der Waals surface area contributed by atoms with Crippen molar-refractivity contribution in [2.45, 2.75) is 26.7 Å². The Morgan fingerprint density at radius 1 is 1.37 bits per heavy atom. The van der Waals surface area contributed by atoms with E-state index in [0.717, 1.165) is 32.6 Å². The van der Waals surface area contributed by atoms with Gasteiger partial charge >= 0.3 is 0 Å². The minimum absolute atomic E-state index is 0.196. The van der Waals surface area contributed by atoms with Crippen LogP contribution in [0.2, 0.25) is 0 Å². The molecule has 1 aromatic carbocycles. The molecule has 1 N–H and O–H groups in total. The van der Waals surface area contributed by atoms with E-state index in [1.807, 2.05) is 18.0 Å². The highest BCUT2D eigenvalue weighted by Crippen LogP contribution is 2.24. The molecule has 1 heterocycles. The van der Waals surface area contributed by atoms with Crippen molar-refractivity contribution < 1.29 is 9.13 Å². The van der Waals surface area contributed by atoms with Gasteiger partial charge in [0, 0.05) is 18.9 Å². The number of nitrogens with one attached hydrogen (secondary N) is 1. The van der Waals surface area contributed by atoms with Crippen LogP contribution >= 0.6 is 0 Å². The molecule has 0 amide bonds. The molecule has 0 saturated carbocycles. The van der Waals surface area contributed by atoms with Crippen LogP contribution < -0.4 is 10.4 Å². The van der Waals surface area contributed by atoms with Crippen molar-refractivity contribution in [1.82, 2.24) is 5.43 Å². The van der Waals surface area contributed by atoms with Gasteiger partial charge in [0.25, 0.3) is 0 Å². The first-order valence-electron chi connectivity index (χ1n) is 6.77. The van der Waals surface area contributed by atoms with E-state index < -0.39 is 0 Å². The van der Waals surface area contributed by atoms with Gasteiger partial charge in [-0.25, -0.2) is 4.39 Å². The number of hydrogen-bond donors (Lipinski definition) is 1. The molecule has 0 bridgehead atoms. The summed E-state index contributed by atoms with van der Waals surface area (Å²) >= 11 is 0. The van der Waals surface area contributed by atoms with Gasteiger partial charge in [0.05, 0.1) is 12.2 Å². The zero-order valence-corrected chi connectivity index (χ0v) is 11.6. The maximum atomic E-state index is 13.7. The quantitative estimate of drug-likeness (QED) is 0.798. The van der Waals surface area contributed by atoms with Crippen LogP contribution in [0.25, 0.3) is 0 Å². The van der Waals surface area contributed by atoms with Gasteiger partial charge in [0.2, 0.25) is 0 Å². The van der Waals surface area contributed by atoms with Gasteiger partial charge in [-0.3, -0.25) is 5.01 Å². The number of nitrogens with zero attached hydrogens (tertiary/aromatic N) is 1. The van der Waals surface area contributed by atoms with E-state index in [1.165, 1.54) is 17.3 Å². The van der Waals surface area contributed by atoms with Crippen LogP contribution in [0.5, 0.6) is 0 Å². The van der Waals surface area contributed by atoms with E-state index in [0.29, 0.717) is 5.69 Å². The molecule has 0 aliphatic carbocycles. The molecular formula is C15H21FN2O. The normalized spacial score (nSPS) is 15.0. The van der Waals surface area contributed by atoms with Crippen molar-refractivity contribution in [3.8, 4) is 0 Å². The Morgan fingerprint density at radius 2 is 2.16 bits per heavy atom. The molecule has 4 heteroatoms. The highest BCUT2D eigenvalue weighted by molar-refractivity contribution is 5.50. The topological polar surface area (TPSA) is 24.5 Å². The molecule has 0 spiro atoms. The Morgan fingerprint density at radius 3 is 2.89 bits per heavy atom. The molecule has 0 unspecified atom stereocenters. The number of rotatable bonds is 6. The third-order valence-electron chi connectivity index (χ3n) is 3.24. The van der Waals surface area contributed by atoms with Gasteiger partial charge in [0.1, 0.15) is 5.82 Å². The van der Waals surface area contributed by atoms with Crippen molar-refractivity contribution in [3.05, 3.63) is 41.4 Å². The minimum atomic E-state index is -0.196. The molecular weight excluding hydrogens is 243 g/mol. The Bertz CT molecular complexity index is 459. The Balaban J connectivity index is 1.92. The molecule has 0 saturated heterocycles. The molecule has 0 fully saturated rings. The van der Waals surface area contributed by atoms with Crippen LogP contribution in [0.1, 0.15) is 26.7 Å². The standard InChI is InChI=1S/C15H21FN2O/c1-3-19-10-6-8-14-12(2)11-18(17-14)15-9-5-4-7-13(15)16/h4-5,7,9,17H,3,6,8,10-11H2,1-2H3. The summed E-state index contributed by atoms with van der Waals surface area (Å²) < 4.78 is 19.1. The van der Waals surface area contributed by atoms with Crippen molar-refractivity contribution in [1.29, 1.82) is 0 Å². The van der Waals surface area contributed by atoms with E-state index >= 15 is 0 Å². The predicted molar refractivity (Wildman–Crippen MR) is 75.3 cm³/mol. The van der Waals surface area contributed by atoms with E-state index in [4.69, 9.17) is 4.74 Å². The van der Waals surface area contributed by atoms with Gasteiger partial charge in [-0.15, -0.1) is 0 Å². The van der Waals surface area contributed by atoms with E-state index in [-0.39, 0.29) is 5.82 Å². The maximum Gasteiger partial charge on any atom is 0.148 e. The summed E-state index contributed by atoms with van der Waals surface area (Å²) in [4.78, 5) is 0. The van der Waals surface area contributed by atoms with Crippen LogP contribution in [0.3, 0.4) is 0 Å². The van der Waals surface area contributed by atoms with Crippen molar-refractivity contribution in [2.24, 2.45) is 0 Å². The van der Waals surface area contributed by atoms with Crippen molar-refractivity contribution in [2.75, 3.05) is 24.8 Å². The average Bonchev–Trinajstić information content (AvgIpc) is 2.77. The fourth-order valence-corrected chi connectivity index (χ4v) is 2.21. The second kappa shape index (κ2) is 6.57. The van der Waals surface area contributed by atoms with E-state index in [2.05, 4.69) is 12.3 Å². The largest absolute Gasteiger partial charge is 0.382 e. The predicted octanol–water partition coefficient (Wildman–Crippen LogP) is 3.24. The fraction of sp³-hybridized carbons (Fsp3) is 0.467. The Kier molecular flexibility index (Phi) is 4.80. The lowest BCUT2D eigenvalue weighted by molar-refractivity contribution is 0.145. The number of allylic oxidation sites excluding steroid dienone is 1. The van der Waals surface area contributed by atoms with E-state index in [9.17, 15) is 4.39 Å². The number of benzene rings is 1. The number of anilines is 1. The van der Waals surface area contributed by atoms with Gasteiger partial charge in [-0.1, -0.05) is 12.1 Å². The molecule has 1 aliphatic rings. The lowest BCUT2D eigenvalue weighted by Crippen LogP contribution is -2.32. The second-order valence-electron chi connectivity index (χ2n) is 4.71. The third kappa shape index (κ3) is 3.47. The lowest BCUT2D eigenvalue weighted by Gasteiger charge is -2.21. The molecule has 2 rings (SSSR count). The first-order valence-corrected chi connectivity index (χ1v) is 6.77. The van der Waals surface area contributed by atoms with Crippen LogP contribution in [0.4, 0.5) is 10.1 Å².